The van der Waals surface area contributed by atoms with Crippen LogP contribution in [-0.2, 0) is 15.1 Å². The summed E-state index contributed by atoms with van der Waals surface area (Å²) in [5, 5.41) is 12.4. The van der Waals surface area contributed by atoms with Crippen molar-refractivity contribution in [3.63, 3.8) is 0 Å². The maximum atomic E-state index is 12.4. The number of ether oxygens (including phenoxy) is 2. The molecule has 5 rings (SSSR count). The minimum absolute atomic E-state index is 0.0565. The monoisotopic (exact) mass is 418 g/mol. The molecule has 0 radical (unpaired) electrons. The third kappa shape index (κ3) is 3.38. The van der Waals surface area contributed by atoms with Gasteiger partial charge in [-0.3, -0.25) is 0 Å². The summed E-state index contributed by atoms with van der Waals surface area (Å²) in [5.74, 6) is 0.760. The van der Waals surface area contributed by atoms with Gasteiger partial charge >= 0.3 is 0 Å². The normalized spacial score (nSPS) is 24.0. The molecule has 0 aromatic heterocycles. The summed E-state index contributed by atoms with van der Waals surface area (Å²) in [4.78, 5) is 1.15. The minimum Gasteiger partial charge on any atom is -0.380 e. The summed E-state index contributed by atoms with van der Waals surface area (Å²) in [6.07, 6.45) is -0.359. The lowest BCUT2D eigenvalue weighted by atomic mass is 9.73. The van der Waals surface area contributed by atoms with Gasteiger partial charge in [0.05, 0.1) is 13.2 Å². The molecule has 0 aliphatic carbocycles. The largest absolute Gasteiger partial charge is 0.380 e. The van der Waals surface area contributed by atoms with Crippen LogP contribution in [0.5, 0.6) is 0 Å². The Hall–Kier alpha value is -2.11. The van der Waals surface area contributed by atoms with E-state index in [9.17, 15) is 5.11 Å². The van der Waals surface area contributed by atoms with Gasteiger partial charge in [0.1, 0.15) is 5.60 Å². The minimum atomic E-state index is -1.13. The van der Waals surface area contributed by atoms with Gasteiger partial charge in [-0.1, -0.05) is 60.2 Å². The molecule has 154 valence electrons. The number of benzene rings is 3. The highest BCUT2D eigenvalue weighted by molar-refractivity contribution is 7.99. The summed E-state index contributed by atoms with van der Waals surface area (Å²) in [6, 6.07) is 23.0. The molecule has 2 aliphatic heterocycles. The standard InChI is InChI=1S/C26H26O3S/c1-17-6-9-19(10-7-17)23-16-30-24-14-18(2)8-11-22(24)26(23,27)21-5-3-4-20(15-21)25-28-12-13-29-25/h3-11,14-15,23,25,27H,12-13,16H2,1-2H3. The zero-order valence-electron chi connectivity index (χ0n) is 17.3. The lowest BCUT2D eigenvalue weighted by Crippen LogP contribution is -2.39. The second-order valence-electron chi connectivity index (χ2n) is 8.24. The van der Waals surface area contributed by atoms with Crippen LogP contribution in [0.25, 0.3) is 0 Å². The number of hydrogen-bond acceptors (Lipinski definition) is 4. The molecule has 3 aromatic carbocycles. The summed E-state index contributed by atoms with van der Waals surface area (Å²) in [6.45, 7) is 5.39. The number of aryl methyl sites for hydroxylation is 2. The quantitative estimate of drug-likeness (QED) is 0.612. The third-order valence-corrected chi connectivity index (χ3v) is 7.31. The molecule has 0 amide bonds. The maximum absolute atomic E-state index is 12.4. The molecule has 4 heteroatoms. The molecule has 30 heavy (non-hydrogen) atoms. The van der Waals surface area contributed by atoms with Gasteiger partial charge in [-0.25, -0.2) is 0 Å². The first-order valence-electron chi connectivity index (χ1n) is 10.4. The second kappa shape index (κ2) is 7.86. The van der Waals surface area contributed by atoms with E-state index >= 15 is 0 Å². The van der Waals surface area contributed by atoms with Crippen LogP contribution in [0.2, 0.25) is 0 Å². The molecule has 1 fully saturated rings. The van der Waals surface area contributed by atoms with Crippen molar-refractivity contribution in [3.8, 4) is 0 Å². The number of rotatable bonds is 3. The van der Waals surface area contributed by atoms with Gasteiger partial charge in [-0.05, 0) is 42.7 Å². The molecule has 3 aromatic rings. The summed E-state index contributed by atoms with van der Waals surface area (Å²) in [7, 11) is 0. The fourth-order valence-corrected chi connectivity index (χ4v) is 5.94. The molecule has 0 spiro atoms. The van der Waals surface area contributed by atoms with Crippen LogP contribution in [0.3, 0.4) is 0 Å². The van der Waals surface area contributed by atoms with Crippen molar-refractivity contribution in [1.82, 2.24) is 0 Å². The Labute approximate surface area is 182 Å². The second-order valence-corrected chi connectivity index (χ2v) is 9.30. The number of aliphatic hydroxyl groups is 1. The van der Waals surface area contributed by atoms with Crippen LogP contribution in [-0.4, -0.2) is 24.1 Å². The number of thioether (sulfide) groups is 1. The maximum Gasteiger partial charge on any atom is 0.184 e. The van der Waals surface area contributed by atoms with Gasteiger partial charge < -0.3 is 14.6 Å². The van der Waals surface area contributed by atoms with E-state index in [1.807, 2.05) is 30.0 Å². The third-order valence-electron chi connectivity index (χ3n) is 6.16. The van der Waals surface area contributed by atoms with Crippen molar-refractivity contribution in [3.05, 3.63) is 100 Å². The number of fused-ring (bicyclic) bond motifs is 1. The summed E-state index contributed by atoms with van der Waals surface area (Å²) in [5.41, 5.74) is 5.26. The van der Waals surface area contributed by atoms with E-state index < -0.39 is 5.60 Å². The molecular formula is C26H26O3S. The first kappa shape index (κ1) is 19.8. The van der Waals surface area contributed by atoms with Gasteiger partial charge in [-0.15, -0.1) is 11.8 Å². The molecule has 0 saturated carbocycles. The van der Waals surface area contributed by atoms with E-state index in [0.29, 0.717) is 13.2 Å². The SMILES string of the molecule is Cc1ccc(C2CSc3cc(C)ccc3C2(O)c2cccc(C3OCCO3)c2)cc1. The molecule has 1 saturated heterocycles. The predicted octanol–water partition coefficient (Wildman–Crippen LogP) is 5.47. The van der Waals surface area contributed by atoms with Crippen LogP contribution in [0.4, 0.5) is 0 Å². The van der Waals surface area contributed by atoms with Crippen molar-refractivity contribution in [2.75, 3.05) is 19.0 Å². The molecule has 1 N–H and O–H groups in total. The average Bonchev–Trinajstić information content (AvgIpc) is 3.30. The molecule has 2 unspecified atom stereocenters. The Balaban J connectivity index is 1.67. The molecular weight excluding hydrogens is 392 g/mol. The van der Waals surface area contributed by atoms with Crippen LogP contribution >= 0.6 is 11.8 Å². The highest BCUT2D eigenvalue weighted by Crippen LogP contribution is 2.52. The predicted molar refractivity (Wildman–Crippen MR) is 120 cm³/mol. The van der Waals surface area contributed by atoms with Gasteiger partial charge in [0.2, 0.25) is 0 Å². The van der Waals surface area contributed by atoms with Crippen molar-refractivity contribution < 1.29 is 14.6 Å². The molecule has 0 bridgehead atoms. The van der Waals surface area contributed by atoms with Crippen LogP contribution < -0.4 is 0 Å². The topological polar surface area (TPSA) is 38.7 Å². The Morgan fingerprint density at radius 1 is 0.867 bits per heavy atom. The van der Waals surface area contributed by atoms with Gasteiger partial charge in [-0.2, -0.15) is 0 Å². The van der Waals surface area contributed by atoms with E-state index in [-0.39, 0.29) is 12.2 Å². The zero-order chi connectivity index (χ0) is 20.7. The van der Waals surface area contributed by atoms with E-state index in [1.54, 1.807) is 0 Å². The Bertz CT molecular complexity index is 1060. The summed E-state index contributed by atoms with van der Waals surface area (Å²) < 4.78 is 11.4. The molecule has 2 heterocycles. The van der Waals surface area contributed by atoms with Crippen LogP contribution in [0.1, 0.15) is 45.6 Å². The highest BCUT2D eigenvalue weighted by atomic mass is 32.2. The first-order chi connectivity index (χ1) is 14.6. The van der Waals surface area contributed by atoms with E-state index in [0.717, 1.165) is 32.9 Å². The van der Waals surface area contributed by atoms with E-state index in [2.05, 4.69) is 62.4 Å². The van der Waals surface area contributed by atoms with Gasteiger partial charge in [0.25, 0.3) is 0 Å². The molecule has 2 atom stereocenters. The molecule has 3 nitrogen and oxygen atoms in total. The van der Waals surface area contributed by atoms with Crippen molar-refractivity contribution >= 4 is 11.8 Å². The zero-order valence-corrected chi connectivity index (χ0v) is 18.1. The Kier molecular flexibility index (Phi) is 5.19. The van der Waals surface area contributed by atoms with Crippen LogP contribution in [0.15, 0.2) is 71.6 Å². The van der Waals surface area contributed by atoms with Crippen molar-refractivity contribution in [2.45, 2.75) is 36.6 Å². The molecule has 2 aliphatic rings. The van der Waals surface area contributed by atoms with Gasteiger partial charge in [0.15, 0.2) is 6.29 Å². The Morgan fingerprint density at radius 2 is 1.60 bits per heavy atom. The lowest BCUT2D eigenvalue weighted by molar-refractivity contribution is -0.0444. The van der Waals surface area contributed by atoms with Crippen molar-refractivity contribution in [2.24, 2.45) is 0 Å². The van der Waals surface area contributed by atoms with Gasteiger partial charge in [0, 0.05) is 27.7 Å². The lowest BCUT2D eigenvalue weighted by Gasteiger charge is -2.42. The summed E-state index contributed by atoms with van der Waals surface area (Å²) >= 11 is 1.83. The Morgan fingerprint density at radius 3 is 2.37 bits per heavy atom. The fourth-order valence-electron chi connectivity index (χ4n) is 4.51. The average molecular weight is 419 g/mol. The van der Waals surface area contributed by atoms with E-state index in [1.165, 1.54) is 11.1 Å². The fraction of sp³-hybridized carbons (Fsp3) is 0.308. The first-order valence-corrected chi connectivity index (χ1v) is 11.4. The van der Waals surface area contributed by atoms with Crippen LogP contribution in [0, 0.1) is 13.8 Å². The highest BCUT2D eigenvalue weighted by Gasteiger charge is 2.45. The smallest absolute Gasteiger partial charge is 0.184 e. The number of hydrogen-bond donors (Lipinski definition) is 1. The van der Waals surface area contributed by atoms with E-state index in [4.69, 9.17) is 9.47 Å². The van der Waals surface area contributed by atoms with Crippen molar-refractivity contribution in [1.29, 1.82) is 0 Å².